The lowest BCUT2D eigenvalue weighted by molar-refractivity contribution is -0.122. The molecule has 0 saturated carbocycles. The molecule has 1 N–H and O–H groups in total. The molecule has 0 aromatic heterocycles. The molecule has 4 heteroatoms. The fraction of sp³-hybridized carbons (Fsp3) is 0.562. The van der Waals surface area contributed by atoms with E-state index in [-0.39, 0.29) is 11.9 Å². The van der Waals surface area contributed by atoms with Gasteiger partial charge in [-0.3, -0.25) is 4.79 Å². The van der Waals surface area contributed by atoms with Gasteiger partial charge in [0.25, 0.3) is 0 Å². The van der Waals surface area contributed by atoms with Crippen molar-refractivity contribution in [1.82, 2.24) is 5.32 Å². The van der Waals surface area contributed by atoms with Crippen LogP contribution in [0.4, 0.5) is 0 Å². The lowest BCUT2D eigenvalue weighted by atomic mass is 10.0. The fourth-order valence-electron chi connectivity index (χ4n) is 2.02. The summed E-state index contributed by atoms with van der Waals surface area (Å²) in [4.78, 5) is 12.0. The standard InChI is InChI=1S/C16H24BrNO2/c1-12(2)15(10-11-17)18-16(19)9-6-13-4-7-14(20-3)8-5-13/h4-5,7-8,12,15H,6,9-11H2,1-3H3,(H,18,19). The van der Waals surface area contributed by atoms with E-state index >= 15 is 0 Å². The smallest absolute Gasteiger partial charge is 0.220 e. The van der Waals surface area contributed by atoms with E-state index < -0.39 is 0 Å². The predicted octanol–water partition coefficient (Wildman–Crippen LogP) is 3.55. The van der Waals surface area contributed by atoms with Crippen LogP contribution in [0, 0.1) is 5.92 Å². The van der Waals surface area contributed by atoms with Crippen molar-refractivity contribution in [2.45, 2.75) is 39.2 Å². The van der Waals surface area contributed by atoms with E-state index in [1.807, 2.05) is 24.3 Å². The van der Waals surface area contributed by atoms with Gasteiger partial charge in [-0.05, 0) is 36.5 Å². The van der Waals surface area contributed by atoms with Gasteiger partial charge in [-0.15, -0.1) is 0 Å². The number of nitrogens with one attached hydrogen (secondary N) is 1. The summed E-state index contributed by atoms with van der Waals surface area (Å²) in [6.45, 7) is 4.27. The molecule has 0 aliphatic carbocycles. The minimum atomic E-state index is 0.125. The predicted molar refractivity (Wildman–Crippen MR) is 86.5 cm³/mol. The number of halogens is 1. The van der Waals surface area contributed by atoms with Crippen molar-refractivity contribution in [3.63, 3.8) is 0 Å². The van der Waals surface area contributed by atoms with E-state index in [2.05, 4.69) is 35.1 Å². The molecule has 0 aliphatic rings. The Morgan fingerprint density at radius 2 is 1.95 bits per heavy atom. The van der Waals surface area contributed by atoms with Crippen molar-refractivity contribution in [2.75, 3.05) is 12.4 Å². The molecule has 0 radical (unpaired) electrons. The number of methoxy groups -OCH3 is 1. The number of carbonyl (C=O) groups is 1. The van der Waals surface area contributed by atoms with E-state index in [1.165, 1.54) is 0 Å². The summed E-state index contributed by atoms with van der Waals surface area (Å²) in [6.07, 6.45) is 2.25. The quantitative estimate of drug-likeness (QED) is 0.734. The van der Waals surface area contributed by atoms with Crippen molar-refractivity contribution in [2.24, 2.45) is 5.92 Å². The molecule has 0 fully saturated rings. The van der Waals surface area contributed by atoms with E-state index in [0.717, 1.165) is 29.5 Å². The number of amides is 1. The van der Waals surface area contributed by atoms with Crippen LogP contribution < -0.4 is 10.1 Å². The number of alkyl halides is 1. The topological polar surface area (TPSA) is 38.3 Å². The van der Waals surface area contributed by atoms with Crippen LogP contribution in [0.1, 0.15) is 32.3 Å². The van der Waals surface area contributed by atoms with Crippen molar-refractivity contribution in [3.8, 4) is 5.75 Å². The van der Waals surface area contributed by atoms with Gasteiger partial charge in [-0.2, -0.15) is 0 Å². The van der Waals surface area contributed by atoms with Crippen LogP contribution in [-0.4, -0.2) is 24.4 Å². The van der Waals surface area contributed by atoms with Crippen LogP contribution in [-0.2, 0) is 11.2 Å². The van der Waals surface area contributed by atoms with Crippen molar-refractivity contribution >= 4 is 21.8 Å². The van der Waals surface area contributed by atoms with Gasteiger partial charge < -0.3 is 10.1 Å². The van der Waals surface area contributed by atoms with Crippen LogP contribution in [0.15, 0.2) is 24.3 Å². The van der Waals surface area contributed by atoms with Gasteiger partial charge in [0, 0.05) is 17.8 Å². The summed E-state index contributed by atoms with van der Waals surface area (Å²) >= 11 is 3.43. The molecule has 1 rings (SSSR count). The normalized spacial score (nSPS) is 12.2. The monoisotopic (exact) mass is 341 g/mol. The molecular weight excluding hydrogens is 318 g/mol. The van der Waals surface area contributed by atoms with Gasteiger partial charge in [0.2, 0.25) is 5.91 Å². The second kappa shape index (κ2) is 9.01. The molecule has 3 nitrogen and oxygen atoms in total. The van der Waals surface area contributed by atoms with Gasteiger partial charge in [0.05, 0.1) is 7.11 Å². The van der Waals surface area contributed by atoms with Gasteiger partial charge in [0.15, 0.2) is 0 Å². The van der Waals surface area contributed by atoms with Crippen molar-refractivity contribution < 1.29 is 9.53 Å². The van der Waals surface area contributed by atoms with Crippen molar-refractivity contribution in [1.29, 1.82) is 0 Å². The summed E-state index contributed by atoms with van der Waals surface area (Å²) in [6, 6.07) is 8.11. The van der Waals surface area contributed by atoms with E-state index in [9.17, 15) is 4.79 Å². The fourth-order valence-corrected chi connectivity index (χ4v) is 2.51. The Labute approximate surface area is 130 Å². The van der Waals surface area contributed by atoms with Crippen LogP contribution in [0.2, 0.25) is 0 Å². The third kappa shape index (κ3) is 5.95. The zero-order valence-electron chi connectivity index (χ0n) is 12.5. The summed E-state index contributed by atoms with van der Waals surface area (Å²) in [7, 11) is 1.65. The molecule has 0 aliphatic heterocycles. The average molecular weight is 342 g/mol. The molecule has 1 unspecified atom stereocenters. The maximum Gasteiger partial charge on any atom is 0.220 e. The molecule has 1 aromatic carbocycles. The molecule has 1 amide bonds. The maximum absolute atomic E-state index is 12.0. The number of rotatable bonds is 8. The van der Waals surface area contributed by atoms with Crippen LogP contribution in [0.5, 0.6) is 5.75 Å². The van der Waals surface area contributed by atoms with Crippen LogP contribution in [0.25, 0.3) is 0 Å². The zero-order chi connectivity index (χ0) is 15.0. The molecule has 0 bridgehead atoms. The Balaban J connectivity index is 2.41. The van der Waals surface area contributed by atoms with Gasteiger partial charge in [-0.25, -0.2) is 0 Å². The second-order valence-corrected chi connectivity index (χ2v) is 6.04. The Hall–Kier alpha value is -1.03. The zero-order valence-corrected chi connectivity index (χ0v) is 14.1. The Bertz CT molecular complexity index is 403. The SMILES string of the molecule is COc1ccc(CCC(=O)NC(CCBr)C(C)C)cc1. The molecule has 0 spiro atoms. The highest BCUT2D eigenvalue weighted by molar-refractivity contribution is 9.09. The molecule has 0 heterocycles. The Kier molecular flexibility index (Phi) is 7.67. The first-order chi connectivity index (χ1) is 9.56. The summed E-state index contributed by atoms with van der Waals surface area (Å²) in [5.41, 5.74) is 1.16. The molecule has 1 aromatic rings. The van der Waals surface area contributed by atoms with E-state index in [4.69, 9.17) is 4.74 Å². The Morgan fingerprint density at radius 1 is 1.30 bits per heavy atom. The van der Waals surface area contributed by atoms with E-state index in [0.29, 0.717) is 12.3 Å². The lowest BCUT2D eigenvalue weighted by Gasteiger charge is -2.21. The number of ether oxygens (including phenoxy) is 1. The first-order valence-corrected chi connectivity index (χ1v) is 8.17. The first kappa shape index (κ1) is 17.0. The molecule has 112 valence electrons. The number of carbonyl (C=O) groups excluding carboxylic acids is 1. The number of benzene rings is 1. The minimum absolute atomic E-state index is 0.125. The highest BCUT2D eigenvalue weighted by Crippen LogP contribution is 2.13. The van der Waals surface area contributed by atoms with E-state index in [1.54, 1.807) is 7.11 Å². The number of hydrogen-bond acceptors (Lipinski definition) is 2. The summed E-state index contributed by atoms with van der Waals surface area (Å²) < 4.78 is 5.12. The molecule has 20 heavy (non-hydrogen) atoms. The molecular formula is C16H24BrNO2. The third-order valence-electron chi connectivity index (χ3n) is 3.37. The summed E-state index contributed by atoms with van der Waals surface area (Å²) in [5, 5.41) is 4.03. The van der Waals surface area contributed by atoms with Crippen LogP contribution in [0.3, 0.4) is 0 Å². The molecule has 0 saturated heterocycles. The lowest BCUT2D eigenvalue weighted by Crippen LogP contribution is -2.38. The highest BCUT2D eigenvalue weighted by atomic mass is 79.9. The number of hydrogen-bond donors (Lipinski definition) is 1. The van der Waals surface area contributed by atoms with Crippen LogP contribution >= 0.6 is 15.9 Å². The summed E-state index contributed by atoms with van der Waals surface area (Å²) in [5.74, 6) is 1.42. The Morgan fingerprint density at radius 3 is 2.45 bits per heavy atom. The average Bonchev–Trinajstić information content (AvgIpc) is 2.45. The van der Waals surface area contributed by atoms with Gasteiger partial charge >= 0.3 is 0 Å². The van der Waals surface area contributed by atoms with Gasteiger partial charge in [0.1, 0.15) is 5.75 Å². The maximum atomic E-state index is 12.0. The second-order valence-electron chi connectivity index (χ2n) is 5.24. The minimum Gasteiger partial charge on any atom is -0.497 e. The van der Waals surface area contributed by atoms with Crippen molar-refractivity contribution in [3.05, 3.63) is 29.8 Å². The molecule has 1 atom stereocenters. The highest BCUT2D eigenvalue weighted by Gasteiger charge is 2.15. The first-order valence-electron chi connectivity index (χ1n) is 7.05. The third-order valence-corrected chi connectivity index (χ3v) is 3.83. The number of aryl methyl sites for hydroxylation is 1. The van der Waals surface area contributed by atoms with Gasteiger partial charge in [-0.1, -0.05) is 41.9 Å². The largest absolute Gasteiger partial charge is 0.497 e.